The number of carboxylic acids is 1. The highest BCUT2D eigenvalue weighted by Gasteiger charge is 2.23. The average molecular weight is 273 g/mol. The molecule has 1 atom stereocenters. The minimum atomic E-state index is -0.911. The first kappa shape index (κ1) is 17.2. The second-order valence-corrected chi connectivity index (χ2v) is 4.99. The zero-order chi connectivity index (χ0) is 15.1. The van der Waals surface area contributed by atoms with E-state index in [-0.39, 0.29) is 12.3 Å². The molecule has 0 aromatic carbocycles. The highest BCUT2D eigenvalue weighted by molar-refractivity contribution is 5.86. The lowest BCUT2D eigenvalue weighted by Crippen LogP contribution is -2.53. The van der Waals surface area contributed by atoms with Crippen LogP contribution < -0.4 is 16.0 Å². The van der Waals surface area contributed by atoms with Gasteiger partial charge < -0.3 is 21.1 Å². The number of urea groups is 1. The van der Waals surface area contributed by atoms with Crippen molar-refractivity contribution in [2.24, 2.45) is 0 Å². The molecule has 0 fully saturated rings. The Bertz CT molecular complexity index is 342. The first-order valence-electron chi connectivity index (χ1n) is 6.26. The molecule has 4 N–H and O–H groups in total. The number of hydrogen-bond acceptors (Lipinski definition) is 3. The van der Waals surface area contributed by atoms with Crippen LogP contribution in [0.15, 0.2) is 0 Å². The first-order chi connectivity index (χ1) is 8.68. The van der Waals surface area contributed by atoms with Crippen molar-refractivity contribution in [1.82, 2.24) is 16.0 Å². The lowest BCUT2D eigenvalue weighted by atomic mass is 9.99. The van der Waals surface area contributed by atoms with Crippen molar-refractivity contribution in [3.05, 3.63) is 0 Å². The Morgan fingerprint density at radius 2 is 1.84 bits per heavy atom. The summed E-state index contributed by atoms with van der Waals surface area (Å²) in [6, 6.07) is -1.13. The van der Waals surface area contributed by atoms with Crippen LogP contribution in [0.4, 0.5) is 4.79 Å². The molecule has 7 nitrogen and oxygen atoms in total. The van der Waals surface area contributed by atoms with E-state index in [0.717, 1.165) is 0 Å². The molecule has 7 heteroatoms. The number of nitrogens with one attached hydrogen (secondary N) is 3. The highest BCUT2D eigenvalue weighted by Crippen LogP contribution is 2.10. The van der Waals surface area contributed by atoms with E-state index in [0.29, 0.717) is 13.0 Å². The van der Waals surface area contributed by atoms with Crippen molar-refractivity contribution >= 4 is 17.9 Å². The van der Waals surface area contributed by atoms with Gasteiger partial charge in [0.2, 0.25) is 5.91 Å². The molecule has 0 rings (SSSR count). The summed E-state index contributed by atoms with van der Waals surface area (Å²) in [6.45, 7) is 7.32. The summed E-state index contributed by atoms with van der Waals surface area (Å²) >= 11 is 0. The Hall–Kier alpha value is -1.79. The molecule has 0 aliphatic rings. The van der Waals surface area contributed by atoms with Crippen LogP contribution in [0.1, 0.15) is 40.5 Å². The summed E-state index contributed by atoms with van der Waals surface area (Å²) in [5.74, 6) is -1.17. The third-order valence-corrected chi connectivity index (χ3v) is 2.51. The van der Waals surface area contributed by atoms with Gasteiger partial charge in [0.25, 0.3) is 0 Å². The third kappa shape index (κ3) is 8.01. The lowest BCUT2D eigenvalue weighted by molar-refractivity contribution is -0.137. The molecular formula is C12H23N3O4. The van der Waals surface area contributed by atoms with Gasteiger partial charge in [0.15, 0.2) is 0 Å². The van der Waals surface area contributed by atoms with Crippen LogP contribution in [0.5, 0.6) is 0 Å². The maximum Gasteiger partial charge on any atom is 0.315 e. The topological polar surface area (TPSA) is 108 Å². The SMILES string of the molecule is CCNC(=O)C(C)NC(=O)NC(C)(C)CCC(=O)O. The molecule has 0 bridgehead atoms. The molecule has 0 aromatic rings. The predicted octanol–water partition coefficient (Wildman–Crippen LogP) is 0.454. The molecule has 110 valence electrons. The summed E-state index contributed by atoms with van der Waals surface area (Å²) in [4.78, 5) is 33.6. The molecule has 0 saturated carbocycles. The van der Waals surface area contributed by atoms with Crippen molar-refractivity contribution in [2.45, 2.75) is 52.1 Å². The Morgan fingerprint density at radius 3 is 2.32 bits per heavy atom. The van der Waals surface area contributed by atoms with Crippen LogP contribution >= 0.6 is 0 Å². The summed E-state index contributed by atoms with van der Waals surface area (Å²) in [7, 11) is 0. The van der Waals surface area contributed by atoms with Crippen LogP contribution in [0.25, 0.3) is 0 Å². The molecule has 0 spiro atoms. The van der Waals surface area contributed by atoms with Gasteiger partial charge in [0, 0.05) is 18.5 Å². The maximum atomic E-state index is 11.7. The van der Waals surface area contributed by atoms with Gasteiger partial charge in [-0.25, -0.2) is 4.79 Å². The fourth-order valence-corrected chi connectivity index (χ4v) is 1.41. The second-order valence-electron chi connectivity index (χ2n) is 4.99. The molecule has 19 heavy (non-hydrogen) atoms. The standard InChI is InChI=1S/C12H23N3O4/c1-5-13-10(18)8(2)14-11(19)15-12(3,4)7-6-9(16)17/h8H,5-7H2,1-4H3,(H,13,18)(H,16,17)(H2,14,15,19). The molecule has 0 saturated heterocycles. The van der Waals surface area contributed by atoms with Crippen molar-refractivity contribution in [2.75, 3.05) is 6.54 Å². The number of carboxylic acid groups (broad SMARTS) is 1. The summed E-state index contributed by atoms with van der Waals surface area (Å²) in [5.41, 5.74) is -0.649. The number of amides is 3. The zero-order valence-electron chi connectivity index (χ0n) is 11.9. The highest BCUT2D eigenvalue weighted by atomic mass is 16.4. The fraction of sp³-hybridized carbons (Fsp3) is 0.750. The number of carbonyl (C=O) groups is 3. The number of rotatable bonds is 7. The fourth-order valence-electron chi connectivity index (χ4n) is 1.41. The van der Waals surface area contributed by atoms with E-state index in [1.54, 1.807) is 27.7 Å². The van der Waals surface area contributed by atoms with Gasteiger partial charge in [0.1, 0.15) is 6.04 Å². The van der Waals surface area contributed by atoms with Crippen LogP contribution in [0, 0.1) is 0 Å². The maximum absolute atomic E-state index is 11.7. The average Bonchev–Trinajstić information content (AvgIpc) is 2.26. The number of hydrogen-bond donors (Lipinski definition) is 4. The summed E-state index contributed by atoms with van der Waals surface area (Å²) in [5, 5.41) is 16.3. The van der Waals surface area contributed by atoms with Crippen molar-refractivity contribution < 1.29 is 19.5 Å². The van der Waals surface area contributed by atoms with Crippen molar-refractivity contribution in [3.63, 3.8) is 0 Å². The number of likely N-dealkylation sites (N-methyl/N-ethyl adjacent to an activating group) is 1. The van der Waals surface area contributed by atoms with Crippen LogP contribution in [0.3, 0.4) is 0 Å². The van der Waals surface area contributed by atoms with Gasteiger partial charge in [-0.15, -0.1) is 0 Å². The van der Waals surface area contributed by atoms with E-state index in [9.17, 15) is 14.4 Å². The molecule has 0 aromatic heterocycles. The van der Waals surface area contributed by atoms with E-state index >= 15 is 0 Å². The van der Waals surface area contributed by atoms with Gasteiger partial charge in [-0.3, -0.25) is 9.59 Å². The molecule has 0 aliphatic carbocycles. The molecular weight excluding hydrogens is 250 g/mol. The Morgan fingerprint density at radius 1 is 1.26 bits per heavy atom. The van der Waals surface area contributed by atoms with Gasteiger partial charge in [-0.2, -0.15) is 0 Å². The van der Waals surface area contributed by atoms with E-state index in [4.69, 9.17) is 5.11 Å². The van der Waals surface area contributed by atoms with Crippen molar-refractivity contribution in [3.8, 4) is 0 Å². The molecule has 1 unspecified atom stereocenters. The van der Waals surface area contributed by atoms with E-state index in [2.05, 4.69) is 16.0 Å². The van der Waals surface area contributed by atoms with E-state index < -0.39 is 23.6 Å². The number of carbonyl (C=O) groups excluding carboxylic acids is 2. The lowest BCUT2D eigenvalue weighted by Gasteiger charge is -2.26. The van der Waals surface area contributed by atoms with Gasteiger partial charge in [0.05, 0.1) is 0 Å². The monoisotopic (exact) mass is 273 g/mol. The molecule has 0 aliphatic heterocycles. The Balaban J connectivity index is 4.22. The molecule has 3 amide bonds. The quantitative estimate of drug-likeness (QED) is 0.540. The number of aliphatic carboxylic acids is 1. The summed E-state index contributed by atoms with van der Waals surface area (Å²) < 4.78 is 0. The first-order valence-corrected chi connectivity index (χ1v) is 6.26. The van der Waals surface area contributed by atoms with Gasteiger partial charge in [-0.1, -0.05) is 0 Å². The van der Waals surface area contributed by atoms with Crippen LogP contribution in [0.2, 0.25) is 0 Å². The smallest absolute Gasteiger partial charge is 0.315 e. The van der Waals surface area contributed by atoms with E-state index in [1.807, 2.05) is 0 Å². The van der Waals surface area contributed by atoms with Gasteiger partial charge >= 0.3 is 12.0 Å². The van der Waals surface area contributed by atoms with Crippen molar-refractivity contribution in [1.29, 1.82) is 0 Å². The molecule has 0 radical (unpaired) electrons. The normalized spacial score (nSPS) is 12.4. The predicted molar refractivity (Wildman–Crippen MR) is 70.8 cm³/mol. The minimum absolute atomic E-state index is 0.0286. The Kier molecular flexibility index (Phi) is 6.89. The summed E-state index contributed by atoms with van der Waals surface area (Å²) in [6.07, 6.45) is 0.282. The zero-order valence-corrected chi connectivity index (χ0v) is 11.9. The van der Waals surface area contributed by atoms with E-state index in [1.165, 1.54) is 0 Å². The molecule has 0 heterocycles. The van der Waals surface area contributed by atoms with Crippen LogP contribution in [-0.4, -0.2) is 41.1 Å². The van der Waals surface area contributed by atoms with Gasteiger partial charge in [-0.05, 0) is 34.1 Å². The third-order valence-electron chi connectivity index (χ3n) is 2.51. The second kappa shape index (κ2) is 7.60. The minimum Gasteiger partial charge on any atom is -0.481 e. The Labute approximate surface area is 113 Å². The largest absolute Gasteiger partial charge is 0.481 e. The van der Waals surface area contributed by atoms with Crippen LogP contribution in [-0.2, 0) is 9.59 Å².